The highest BCUT2D eigenvalue weighted by molar-refractivity contribution is 5.88. The summed E-state index contributed by atoms with van der Waals surface area (Å²) >= 11 is 0. The summed E-state index contributed by atoms with van der Waals surface area (Å²) in [5.41, 5.74) is 0. The number of halogens is 3. The molecule has 2 N–H and O–H groups in total. The Hall–Kier alpha value is -1.60. The molecule has 8 heteroatoms. The van der Waals surface area contributed by atoms with Gasteiger partial charge in [0.05, 0.1) is 0 Å². The van der Waals surface area contributed by atoms with E-state index in [0.29, 0.717) is 12.3 Å². The van der Waals surface area contributed by atoms with E-state index in [9.17, 15) is 18.0 Å². The largest absolute Gasteiger partial charge is 0.451 e. The minimum absolute atomic E-state index is 0.230. The first-order chi connectivity index (χ1) is 7.79. The lowest BCUT2D eigenvalue weighted by molar-refractivity contribution is -0.144. The molecule has 96 valence electrons. The molecule has 5 nitrogen and oxygen atoms in total. The molecule has 1 aromatic heterocycles. The summed E-state index contributed by atoms with van der Waals surface area (Å²) in [5.74, 6) is -1.63. The molecule has 1 rings (SSSR count). The Morgan fingerprint density at radius 2 is 2.12 bits per heavy atom. The summed E-state index contributed by atoms with van der Waals surface area (Å²) in [4.78, 5) is 14.4. The van der Waals surface area contributed by atoms with Gasteiger partial charge in [-0.3, -0.25) is 15.2 Å². The molecule has 0 aliphatic heterocycles. The molecule has 0 aromatic carbocycles. The van der Waals surface area contributed by atoms with E-state index in [-0.39, 0.29) is 12.4 Å². The van der Waals surface area contributed by atoms with Crippen molar-refractivity contribution in [1.82, 2.24) is 15.2 Å². The van der Waals surface area contributed by atoms with Crippen molar-refractivity contribution >= 4 is 11.9 Å². The molecule has 0 saturated heterocycles. The second kappa shape index (κ2) is 5.15. The Morgan fingerprint density at radius 3 is 2.59 bits per heavy atom. The molecular weight excluding hydrogens is 237 g/mol. The van der Waals surface area contributed by atoms with E-state index in [1.165, 1.54) is 0 Å². The summed E-state index contributed by atoms with van der Waals surface area (Å²) in [6.45, 7) is 3.89. The van der Waals surface area contributed by atoms with E-state index in [4.69, 9.17) is 0 Å². The number of hydrogen-bond donors (Lipinski definition) is 2. The fraction of sp³-hybridized carbons (Fsp3) is 0.667. The maximum Gasteiger partial charge on any atom is 0.451 e. The molecule has 0 aliphatic carbocycles. The van der Waals surface area contributed by atoms with E-state index in [0.717, 1.165) is 0 Å². The predicted molar refractivity (Wildman–Crippen MR) is 54.1 cm³/mol. The third-order valence-corrected chi connectivity index (χ3v) is 1.95. The third-order valence-electron chi connectivity index (χ3n) is 1.95. The minimum atomic E-state index is -4.59. The van der Waals surface area contributed by atoms with Crippen molar-refractivity contribution in [2.75, 3.05) is 5.32 Å². The van der Waals surface area contributed by atoms with Crippen LogP contribution in [0.1, 0.15) is 32.5 Å². The number of nitrogens with one attached hydrogen (secondary N) is 2. The van der Waals surface area contributed by atoms with Crippen LogP contribution in [-0.4, -0.2) is 21.1 Å². The van der Waals surface area contributed by atoms with Crippen LogP contribution in [0.15, 0.2) is 0 Å². The smallest absolute Gasteiger partial charge is 0.293 e. The van der Waals surface area contributed by atoms with Gasteiger partial charge in [-0.1, -0.05) is 13.8 Å². The zero-order chi connectivity index (χ0) is 13.1. The quantitative estimate of drug-likeness (QED) is 0.860. The third kappa shape index (κ3) is 4.41. The highest BCUT2D eigenvalue weighted by Crippen LogP contribution is 2.26. The van der Waals surface area contributed by atoms with E-state index in [2.05, 4.69) is 15.4 Å². The first-order valence-electron chi connectivity index (χ1n) is 5.08. The molecule has 17 heavy (non-hydrogen) atoms. The summed E-state index contributed by atoms with van der Waals surface area (Å²) < 4.78 is 36.4. The zero-order valence-corrected chi connectivity index (χ0v) is 9.43. The topological polar surface area (TPSA) is 70.7 Å². The van der Waals surface area contributed by atoms with E-state index in [1.54, 1.807) is 5.10 Å². The van der Waals surface area contributed by atoms with Crippen molar-refractivity contribution in [3.05, 3.63) is 5.82 Å². The van der Waals surface area contributed by atoms with Crippen LogP contribution >= 0.6 is 0 Å². The Balaban J connectivity index is 2.52. The molecule has 0 fully saturated rings. The second-order valence-corrected chi connectivity index (χ2v) is 3.99. The normalized spacial score (nSPS) is 11.9. The number of rotatable bonds is 4. The van der Waals surface area contributed by atoms with Gasteiger partial charge in [0.1, 0.15) is 0 Å². The van der Waals surface area contributed by atoms with E-state index < -0.39 is 17.9 Å². The number of carbonyl (C=O) groups is 1. The Kier molecular flexibility index (Phi) is 4.08. The maximum absolute atomic E-state index is 12.1. The first kappa shape index (κ1) is 13.5. The van der Waals surface area contributed by atoms with Gasteiger partial charge in [0, 0.05) is 6.42 Å². The standard InChI is InChI=1S/C9H13F3N4O/c1-5(2)3-4-6(17)13-8-14-7(15-16-8)9(10,11)12/h5H,3-4H2,1-2H3,(H2,13,14,15,16,17). The van der Waals surface area contributed by atoms with Crippen molar-refractivity contribution < 1.29 is 18.0 Å². The number of carbonyl (C=O) groups excluding carboxylic acids is 1. The zero-order valence-electron chi connectivity index (χ0n) is 9.43. The van der Waals surface area contributed by atoms with Gasteiger partial charge in [-0.05, 0) is 12.3 Å². The Bertz CT molecular complexity index is 386. The Morgan fingerprint density at radius 1 is 1.47 bits per heavy atom. The van der Waals surface area contributed by atoms with Crippen LogP contribution in [0.4, 0.5) is 19.1 Å². The number of hydrogen-bond acceptors (Lipinski definition) is 3. The predicted octanol–water partition coefficient (Wildman–Crippen LogP) is 2.20. The highest BCUT2D eigenvalue weighted by Gasteiger charge is 2.35. The molecule has 1 amide bonds. The first-order valence-corrected chi connectivity index (χ1v) is 5.08. The molecule has 0 unspecified atom stereocenters. The number of nitrogens with zero attached hydrogens (tertiary/aromatic N) is 2. The van der Waals surface area contributed by atoms with Gasteiger partial charge in [0.2, 0.25) is 17.7 Å². The van der Waals surface area contributed by atoms with Crippen LogP contribution in [0.3, 0.4) is 0 Å². The van der Waals surface area contributed by atoms with Crippen molar-refractivity contribution in [2.24, 2.45) is 5.92 Å². The molecule has 0 spiro atoms. The van der Waals surface area contributed by atoms with Crippen molar-refractivity contribution in [3.8, 4) is 0 Å². The lowest BCUT2D eigenvalue weighted by Gasteiger charge is -2.03. The molecule has 0 saturated carbocycles. The van der Waals surface area contributed by atoms with Gasteiger partial charge in [0.25, 0.3) is 0 Å². The fourth-order valence-electron chi connectivity index (χ4n) is 1.05. The van der Waals surface area contributed by atoms with Gasteiger partial charge in [-0.25, -0.2) is 0 Å². The van der Waals surface area contributed by atoms with Gasteiger partial charge < -0.3 is 0 Å². The summed E-state index contributed by atoms with van der Waals surface area (Å²) in [6.07, 6.45) is -3.70. The second-order valence-electron chi connectivity index (χ2n) is 3.99. The van der Waals surface area contributed by atoms with Crippen LogP contribution in [0.25, 0.3) is 0 Å². The van der Waals surface area contributed by atoms with Crippen LogP contribution in [0, 0.1) is 5.92 Å². The molecule has 1 aromatic rings. The van der Waals surface area contributed by atoms with Crippen LogP contribution in [-0.2, 0) is 11.0 Å². The maximum atomic E-state index is 12.1. The van der Waals surface area contributed by atoms with Gasteiger partial charge >= 0.3 is 6.18 Å². The van der Waals surface area contributed by atoms with E-state index >= 15 is 0 Å². The Labute approximate surface area is 95.8 Å². The number of aromatic nitrogens is 3. The molecule has 0 radical (unpaired) electrons. The van der Waals surface area contributed by atoms with Crippen LogP contribution < -0.4 is 5.32 Å². The number of alkyl halides is 3. The number of H-pyrrole nitrogens is 1. The average Bonchev–Trinajstić information content (AvgIpc) is 2.62. The summed E-state index contributed by atoms with van der Waals surface area (Å²) in [5, 5.41) is 7.17. The SMILES string of the molecule is CC(C)CCC(=O)Nc1n[nH]c(C(F)(F)F)n1. The van der Waals surface area contributed by atoms with Crippen molar-refractivity contribution in [3.63, 3.8) is 0 Å². The van der Waals surface area contributed by atoms with Crippen molar-refractivity contribution in [2.45, 2.75) is 32.9 Å². The molecule has 1 heterocycles. The number of anilines is 1. The minimum Gasteiger partial charge on any atom is -0.293 e. The summed E-state index contributed by atoms with van der Waals surface area (Å²) in [6, 6.07) is 0. The van der Waals surface area contributed by atoms with Crippen molar-refractivity contribution in [1.29, 1.82) is 0 Å². The molecule has 0 aliphatic rings. The monoisotopic (exact) mass is 250 g/mol. The molecule has 0 bridgehead atoms. The average molecular weight is 250 g/mol. The van der Waals surface area contributed by atoms with Gasteiger partial charge in [-0.2, -0.15) is 18.2 Å². The number of amides is 1. The molecule has 0 atom stereocenters. The van der Waals surface area contributed by atoms with Crippen LogP contribution in [0.5, 0.6) is 0 Å². The van der Waals surface area contributed by atoms with Gasteiger partial charge in [0.15, 0.2) is 0 Å². The van der Waals surface area contributed by atoms with E-state index in [1.807, 2.05) is 13.8 Å². The lowest BCUT2D eigenvalue weighted by Crippen LogP contribution is -2.13. The lowest BCUT2D eigenvalue weighted by atomic mass is 10.1. The van der Waals surface area contributed by atoms with Gasteiger partial charge in [-0.15, -0.1) is 5.10 Å². The number of aromatic amines is 1. The fourth-order valence-corrected chi connectivity index (χ4v) is 1.05. The molecular formula is C9H13F3N4O. The summed E-state index contributed by atoms with van der Waals surface area (Å²) in [7, 11) is 0. The van der Waals surface area contributed by atoms with Crippen LogP contribution in [0.2, 0.25) is 0 Å². The highest BCUT2D eigenvalue weighted by atomic mass is 19.4.